The molecule has 0 fully saturated rings. The van der Waals surface area contributed by atoms with Gasteiger partial charge in [0.25, 0.3) is 0 Å². The lowest BCUT2D eigenvalue weighted by molar-refractivity contribution is 0.775. The van der Waals surface area contributed by atoms with Crippen LogP contribution in [0.5, 0.6) is 0 Å². The summed E-state index contributed by atoms with van der Waals surface area (Å²) in [7, 11) is 0. The SMILES string of the molecule is c1cncc(-c2ccc(-c3cc(-c4ccc5c(c4)C4(c6ccccc6-c6ccccc6-5)c5ccccc5-c5ccccc54)nc(-c4ccncc4)n3)cc2)c1. The maximum Gasteiger partial charge on any atom is 0.160 e. The van der Waals surface area contributed by atoms with Gasteiger partial charge in [0.15, 0.2) is 5.82 Å². The molecule has 0 saturated carbocycles. The molecule has 0 radical (unpaired) electrons. The van der Waals surface area contributed by atoms with Gasteiger partial charge in [0.1, 0.15) is 0 Å². The maximum absolute atomic E-state index is 5.28. The third kappa shape index (κ3) is 4.78. The predicted octanol–water partition coefficient (Wildman–Crippen LogP) is 11.9. The molecule has 0 amide bonds. The normalized spacial score (nSPS) is 12.9. The molecule has 3 heterocycles. The zero-order valence-electron chi connectivity index (χ0n) is 29.8. The first-order valence-corrected chi connectivity index (χ1v) is 18.6. The minimum atomic E-state index is -0.569. The molecule has 3 aromatic heterocycles. The quantitative estimate of drug-likeness (QED) is 0.183. The van der Waals surface area contributed by atoms with Crippen molar-refractivity contribution in [3.8, 4) is 78.4 Å². The lowest BCUT2D eigenvalue weighted by Gasteiger charge is -2.35. The van der Waals surface area contributed by atoms with E-state index in [9.17, 15) is 0 Å². The summed E-state index contributed by atoms with van der Waals surface area (Å²) in [6, 6.07) is 61.4. The van der Waals surface area contributed by atoms with Gasteiger partial charge in [0.05, 0.1) is 16.8 Å². The second kappa shape index (κ2) is 12.4. The van der Waals surface area contributed by atoms with Gasteiger partial charge in [-0.05, 0) is 97.1 Å². The molecule has 6 aromatic carbocycles. The Morgan fingerprint density at radius 2 is 0.818 bits per heavy atom. The van der Waals surface area contributed by atoms with Crippen LogP contribution < -0.4 is 0 Å². The standard InChI is InChI=1S/C51H32N4/c1-2-12-39-38(11-1)40-13-3-6-16-44(40)51(45-17-7-4-14-41(45)42-15-5-8-18-46(42)51)47-30-36(23-24-43(39)47)49-31-48(54-50(55-49)35-25-28-52-29-26-35)34-21-19-33(20-22-34)37-10-9-27-53-32-37/h1-32H. The van der Waals surface area contributed by atoms with E-state index in [2.05, 4.69) is 162 Å². The highest BCUT2D eigenvalue weighted by molar-refractivity contribution is 5.98. The van der Waals surface area contributed by atoms with Crippen molar-refractivity contribution in [2.45, 2.75) is 5.41 Å². The Labute approximate surface area is 319 Å². The van der Waals surface area contributed by atoms with Crippen molar-refractivity contribution >= 4 is 0 Å². The van der Waals surface area contributed by atoms with E-state index >= 15 is 0 Å². The Kier molecular flexibility index (Phi) is 7.04. The van der Waals surface area contributed by atoms with E-state index in [0.717, 1.165) is 39.2 Å². The summed E-state index contributed by atoms with van der Waals surface area (Å²) in [6.07, 6.45) is 7.28. The molecule has 0 saturated heterocycles. The van der Waals surface area contributed by atoms with E-state index in [1.165, 1.54) is 55.6 Å². The van der Waals surface area contributed by atoms with Crippen molar-refractivity contribution in [3.63, 3.8) is 0 Å². The number of fused-ring (bicyclic) bond motifs is 12. The Bertz CT molecular complexity index is 2870. The van der Waals surface area contributed by atoms with Crippen molar-refractivity contribution in [2.75, 3.05) is 0 Å². The molecule has 2 aliphatic carbocycles. The molecule has 0 bridgehead atoms. The molecule has 4 nitrogen and oxygen atoms in total. The van der Waals surface area contributed by atoms with Gasteiger partial charge < -0.3 is 0 Å². The molecule has 256 valence electrons. The highest BCUT2D eigenvalue weighted by Crippen LogP contribution is 2.61. The second-order valence-electron chi connectivity index (χ2n) is 14.2. The van der Waals surface area contributed by atoms with Crippen molar-refractivity contribution in [2.24, 2.45) is 0 Å². The van der Waals surface area contributed by atoms with E-state index in [0.29, 0.717) is 5.82 Å². The zero-order chi connectivity index (χ0) is 36.3. The minimum absolute atomic E-state index is 0.569. The van der Waals surface area contributed by atoms with Crippen LogP contribution in [0.4, 0.5) is 0 Å². The van der Waals surface area contributed by atoms with Crippen molar-refractivity contribution in [1.29, 1.82) is 0 Å². The van der Waals surface area contributed by atoms with E-state index in [4.69, 9.17) is 9.97 Å². The average molecular weight is 701 g/mol. The van der Waals surface area contributed by atoms with Gasteiger partial charge in [-0.3, -0.25) is 9.97 Å². The van der Waals surface area contributed by atoms with Crippen molar-refractivity contribution in [1.82, 2.24) is 19.9 Å². The number of hydrogen-bond acceptors (Lipinski definition) is 4. The number of nitrogens with zero attached hydrogens (tertiary/aromatic N) is 4. The average Bonchev–Trinajstić information content (AvgIpc) is 3.52. The lowest BCUT2D eigenvalue weighted by atomic mass is 9.65. The number of pyridine rings is 2. The van der Waals surface area contributed by atoms with Gasteiger partial charge in [-0.25, -0.2) is 9.97 Å². The van der Waals surface area contributed by atoms with E-state index in [1.54, 1.807) is 18.6 Å². The van der Waals surface area contributed by atoms with Crippen LogP contribution in [0.3, 0.4) is 0 Å². The molecule has 2 aliphatic rings. The highest BCUT2D eigenvalue weighted by atomic mass is 14.9. The Morgan fingerprint density at radius 3 is 1.42 bits per heavy atom. The number of hydrogen-bond donors (Lipinski definition) is 0. The first-order chi connectivity index (χ1) is 27.3. The highest BCUT2D eigenvalue weighted by Gasteiger charge is 2.49. The summed E-state index contributed by atoms with van der Waals surface area (Å²) in [6.45, 7) is 0. The topological polar surface area (TPSA) is 51.6 Å². The molecule has 55 heavy (non-hydrogen) atoms. The predicted molar refractivity (Wildman–Crippen MR) is 221 cm³/mol. The van der Waals surface area contributed by atoms with Gasteiger partial charge in [0, 0.05) is 41.5 Å². The van der Waals surface area contributed by atoms with Gasteiger partial charge in [-0.1, -0.05) is 140 Å². The van der Waals surface area contributed by atoms with Crippen LogP contribution in [-0.2, 0) is 5.41 Å². The van der Waals surface area contributed by atoms with Crippen LogP contribution >= 0.6 is 0 Å². The summed E-state index contributed by atoms with van der Waals surface area (Å²) >= 11 is 0. The fourth-order valence-electron chi connectivity index (χ4n) is 8.95. The molecule has 0 unspecified atom stereocenters. The monoisotopic (exact) mass is 700 g/mol. The van der Waals surface area contributed by atoms with Crippen LogP contribution in [0.1, 0.15) is 22.3 Å². The maximum atomic E-state index is 5.28. The van der Waals surface area contributed by atoms with Crippen LogP contribution in [0.25, 0.3) is 78.4 Å². The fourth-order valence-corrected chi connectivity index (χ4v) is 8.95. The van der Waals surface area contributed by atoms with Crippen molar-refractivity contribution < 1.29 is 0 Å². The largest absolute Gasteiger partial charge is 0.265 e. The fraction of sp³-hybridized carbons (Fsp3) is 0.0196. The van der Waals surface area contributed by atoms with Crippen LogP contribution in [0, 0.1) is 0 Å². The first kappa shape index (κ1) is 31.2. The molecule has 9 aromatic rings. The summed E-state index contributed by atoms with van der Waals surface area (Å²) in [5, 5.41) is 0. The van der Waals surface area contributed by atoms with Gasteiger partial charge in [-0.2, -0.15) is 0 Å². The van der Waals surface area contributed by atoms with Crippen LogP contribution in [0.2, 0.25) is 0 Å². The van der Waals surface area contributed by atoms with Gasteiger partial charge in [-0.15, -0.1) is 0 Å². The smallest absolute Gasteiger partial charge is 0.160 e. The summed E-state index contributed by atoms with van der Waals surface area (Å²) in [4.78, 5) is 19.0. The number of aromatic nitrogens is 4. The Hall–Kier alpha value is -7.30. The minimum Gasteiger partial charge on any atom is -0.265 e. The molecule has 1 spiro atoms. The van der Waals surface area contributed by atoms with E-state index in [-0.39, 0.29) is 0 Å². The van der Waals surface area contributed by atoms with Crippen LogP contribution in [0.15, 0.2) is 195 Å². The third-order valence-corrected chi connectivity index (χ3v) is 11.4. The lowest BCUT2D eigenvalue weighted by Crippen LogP contribution is -2.29. The molecular formula is C51H32N4. The Balaban J connectivity index is 1.18. The number of benzene rings is 6. The molecular weight excluding hydrogens is 669 g/mol. The van der Waals surface area contributed by atoms with Crippen molar-refractivity contribution in [3.05, 3.63) is 217 Å². The van der Waals surface area contributed by atoms with E-state index < -0.39 is 5.41 Å². The van der Waals surface area contributed by atoms with Crippen LogP contribution in [-0.4, -0.2) is 19.9 Å². The molecule has 0 aliphatic heterocycles. The molecule has 0 atom stereocenters. The summed E-state index contributed by atoms with van der Waals surface area (Å²) < 4.78 is 0. The van der Waals surface area contributed by atoms with E-state index in [1.807, 2.05) is 24.4 Å². The Morgan fingerprint density at radius 1 is 0.309 bits per heavy atom. The molecule has 0 N–H and O–H groups in total. The number of rotatable bonds is 4. The third-order valence-electron chi connectivity index (χ3n) is 11.4. The summed E-state index contributed by atoms with van der Waals surface area (Å²) in [5.41, 5.74) is 18.9. The second-order valence-corrected chi connectivity index (χ2v) is 14.2. The molecule has 11 rings (SSSR count). The van der Waals surface area contributed by atoms with Gasteiger partial charge in [0.2, 0.25) is 0 Å². The summed E-state index contributed by atoms with van der Waals surface area (Å²) in [5.74, 6) is 0.656. The first-order valence-electron chi connectivity index (χ1n) is 18.6. The molecule has 4 heteroatoms. The zero-order valence-corrected chi connectivity index (χ0v) is 29.8. The van der Waals surface area contributed by atoms with Gasteiger partial charge >= 0.3 is 0 Å².